The molecular weight excluding hydrogens is 264 g/mol. The van der Waals surface area contributed by atoms with Crippen molar-refractivity contribution in [3.8, 4) is 11.5 Å². The number of amides is 1. The number of carbonyl (C=O) groups is 1. The number of benzene rings is 1. The van der Waals surface area contributed by atoms with Crippen LogP contribution in [0, 0.1) is 19.8 Å². The summed E-state index contributed by atoms with van der Waals surface area (Å²) in [6, 6.07) is 8.09. The minimum Gasteiger partial charge on any atom is -0.441 e. The molecule has 1 aromatic carbocycles. The number of hydrogen-bond donors (Lipinski definition) is 1. The molecule has 21 heavy (non-hydrogen) atoms. The third-order valence-corrected chi connectivity index (χ3v) is 3.38. The molecule has 0 fully saturated rings. The zero-order valence-electron chi connectivity index (χ0n) is 13.1. The minimum absolute atomic E-state index is 0.00604. The normalized spacial score (nSPS) is 10.9. The number of rotatable bonds is 5. The average Bonchev–Trinajstić information content (AvgIpc) is 2.81. The predicted molar refractivity (Wildman–Crippen MR) is 83.0 cm³/mol. The summed E-state index contributed by atoms with van der Waals surface area (Å²) in [7, 11) is 0. The monoisotopic (exact) mass is 286 g/mol. The van der Waals surface area contributed by atoms with Gasteiger partial charge >= 0.3 is 0 Å². The smallest absolute Gasteiger partial charge is 0.226 e. The van der Waals surface area contributed by atoms with Gasteiger partial charge in [-0.3, -0.25) is 4.79 Å². The molecule has 0 aliphatic rings. The van der Waals surface area contributed by atoms with Crippen molar-refractivity contribution in [2.45, 2.75) is 34.1 Å². The maximum absolute atomic E-state index is 11.5. The van der Waals surface area contributed by atoms with Gasteiger partial charge in [0.1, 0.15) is 5.76 Å². The van der Waals surface area contributed by atoms with Crippen molar-refractivity contribution in [1.29, 1.82) is 0 Å². The molecule has 0 unspecified atom stereocenters. The number of oxazole rings is 1. The van der Waals surface area contributed by atoms with Gasteiger partial charge in [-0.1, -0.05) is 31.5 Å². The van der Waals surface area contributed by atoms with Crippen molar-refractivity contribution in [3.05, 3.63) is 41.3 Å². The highest BCUT2D eigenvalue weighted by atomic mass is 16.4. The lowest BCUT2D eigenvalue weighted by Crippen LogP contribution is -2.29. The molecule has 1 N–H and O–H groups in total. The SMILES string of the molecule is Cc1ccc(-c2nc(CCNC(=O)C(C)C)c(C)o2)cc1. The van der Waals surface area contributed by atoms with Gasteiger partial charge in [0.05, 0.1) is 5.69 Å². The predicted octanol–water partition coefficient (Wildman–Crippen LogP) is 3.27. The molecule has 0 bridgehead atoms. The topological polar surface area (TPSA) is 55.1 Å². The second kappa shape index (κ2) is 6.57. The van der Waals surface area contributed by atoms with Crippen LogP contribution in [-0.2, 0) is 11.2 Å². The van der Waals surface area contributed by atoms with Crippen LogP contribution in [0.1, 0.15) is 30.9 Å². The molecule has 2 rings (SSSR count). The number of aromatic nitrogens is 1. The summed E-state index contributed by atoms with van der Waals surface area (Å²) in [5.74, 6) is 1.52. The molecule has 1 heterocycles. The Morgan fingerprint density at radius 1 is 1.24 bits per heavy atom. The second-order valence-corrected chi connectivity index (χ2v) is 5.58. The number of hydrogen-bond acceptors (Lipinski definition) is 3. The van der Waals surface area contributed by atoms with E-state index in [0.717, 1.165) is 17.0 Å². The van der Waals surface area contributed by atoms with E-state index >= 15 is 0 Å². The molecule has 112 valence electrons. The lowest BCUT2D eigenvalue weighted by Gasteiger charge is -2.06. The Kier molecular flexibility index (Phi) is 4.78. The maximum atomic E-state index is 11.5. The van der Waals surface area contributed by atoms with Crippen LogP contribution < -0.4 is 5.32 Å². The van der Waals surface area contributed by atoms with E-state index < -0.39 is 0 Å². The van der Waals surface area contributed by atoms with Crippen molar-refractivity contribution < 1.29 is 9.21 Å². The first-order valence-electron chi connectivity index (χ1n) is 7.28. The van der Waals surface area contributed by atoms with E-state index in [4.69, 9.17) is 4.42 Å². The molecular formula is C17H22N2O2. The highest BCUT2D eigenvalue weighted by Gasteiger charge is 2.12. The van der Waals surface area contributed by atoms with Crippen LogP contribution in [0.2, 0.25) is 0 Å². The summed E-state index contributed by atoms with van der Waals surface area (Å²) in [4.78, 5) is 16.1. The number of nitrogens with one attached hydrogen (secondary N) is 1. The molecule has 1 amide bonds. The number of nitrogens with zero attached hydrogens (tertiary/aromatic N) is 1. The van der Waals surface area contributed by atoms with Crippen molar-refractivity contribution >= 4 is 5.91 Å². The molecule has 0 atom stereocenters. The standard InChI is InChI=1S/C17H22N2O2/c1-11(2)16(20)18-10-9-15-13(4)21-17(19-15)14-7-5-12(3)6-8-14/h5-8,11H,9-10H2,1-4H3,(H,18,20). The van der Waals surface area contributed by atoms with E-state index in [1.165, 1.54) is 5.56 Å². The van der Waals surface area contributed by atoms with Crippen molar-refractivity contribution in [2.75, 3.05) is 6.54 Å². The molecule has 0 saturated heterocycles. The van der Waals surface area contributed by atoms with Crippen LogP contribution in [0.3, 0.4) is 0 Å². The molecule has 0 aliphatic carbocycles. The average molecular weight is 286 g/mol. The zero-order chi connectivity index (χ0) is 15.4. The third kappa shape index (κ3) is 3.94. The maximum Gasteiger partial charge on any atom is 0.226 e. The Bertz CT molecular complexity index is 612. The molecule has 4 nitrogen and oxygen atoms in total. The summed E-state index contributed by atoms with van der Waals surface area (Å²) >= 11 is 0. The van der Waals surface area contributed by atoms with E-state index in [9.17, 15) is 4.79 Å². The lowest BCUT2D eigenvalue weighted by molar-refractivity contribution is -0.123. The van der Waals surface area contributed by atoms with Crippen molar-refractivity contribution in [2.24, 2.45) is 5.92 Å². The van der Waals surface area contributed by atoms with Gasteiger partial charge in [0.25, 0.3) is 0 Å². The lowest BCUT2D eigenvalue weighted by atomic mass is 10.1. The quantitative estimate of drug-likeness (QED) is 0.917. The largest absolute Gasteiger partial charge is 0.441 e. The van der Waals surface area contributed by atoms with Gasteiger partial charge in [0, 0.05) is 24.4 Å². The van der Waals surface area contributed by atoms with Crippen LogP contribution in [0.5, 0.6) is 0 Å². The Hall–Kier alpha value is -2.10. The van der Waals surface area contributed by atoms with Gasteiger partial charge in [-0.2, -0.15) is 0 Å². The fourth-order valence-electron chi connectivity index (χ4n) is 1.99. The Balaban J connectivity index is 2.02. The Morgan fingerprint density at radius 2 is 1.90 bits per heavy atom. The van der Waals surface area contributed by atoms with Gasteiger partial charge in [0.15, 0.2) is 0 Å². The first-order chi connectivity index (χ1) is 9.97. The highest BCUT2D eigenvalue weighted by Crippen LogP contribution is 2.22. The minimum atomic E-state index is 0.00604. The summed E-state index contributed by atoms with van der Waals surface area (Å²) in [5.41, 5.74) is 3.08. The zero-order valence-corrected chi connectivity index (χ0v) is 13.1. The molecule has 0 radical (unpaired) electrons. The van der Waals surface area contributed by atoms with E-state index in [1.807, 2.05) is 52.0 Å². The third-order valence-electron chi connectivity index (χ3n) is 3.38. The van der Waals surface area contributed by atoms with Crippen LogP contribution in [0.4, 0.5) is 0 Å². The fraction of sp³-hybridized carbons (Fsp3) is 0.412. The van der Waals surface area contributed by atoms with E-state index in [-0.39, 0.29) is 11.8 Å². The molecule has 1 aromatic heterocycles. The van der Waals surface area contributed by atoms with Gasteiger partial charge in [-0.05, 0) is 26.0 Å². The van der Waals surface area contributed by atoms with Gasteiger partial charge in [-0.25, -0.2) is 4.98 Å². The van der Waals surface area contributed by atoms with E-state index in [1.54, 1.807) is 0 Å². The van der Waals surface area contributed by atoms with Crippen molar-refractivity contribution in [3.63, 3.8) is 0 Å². The van der Waals surface area contributed by atoms with Crippen LogP contribution >= 0.6 is 0 Å². The highest BCUT2D eigenvalue weighted by molar-refractivity contribution is 5.77. The fourth-order valence-corrected chi connectivity index (χ4v) is 1.99. The van der Waals surface area contributed by atoms with Gasteiger partial charge < -0.3 is 9.73 Å². The number of carbonyl (C=O) groups excluding carboxylic acids is 1. The first kappa shape index (κ1) is 15.3. The Labute approximate surface area is 125 Å². The van der Waals surface area contributed by atoms with Gasteiger partial charge in [-0.15, -0.1) is 0 Å². The molecule has 4 heteroatoms. The summed E-state index contributed by atoms with van der Waals surface area (Å²) in [5, 5.41) is 2.89. The molecule has 0 saturated carbocycles. The summed E-state index contributed by atoms with van der Waals surface area (Å²) in [6.07, 6.45) is 0.680. The van der Waals surface area contributed by atoms with Crippen LogP contribution in [0.25, 0.3) is 11.5 Å². The molecule has 0 aliphatic heterocycles. The van der Waals surface area contributed by atoms with E-state index in [0.29, 0.717) is 18.9 Å². The van der Waals surface area contributed by atoms with E-state index in [2.05, 4.69) is 10.3 Å². The Morgan fingerprint density at radius 3 is 2.52 bits per heavy atom. The summed E-state index contributed by atoms with van der Waals surface area (Å²) < 4.78 is 5.72. The molecule has 0 spiro atoms. The van der Waals surface area contributed by atoms with Crippen LogP contribution in [0.15, 0.2) is 28.7 Å². The molecule has 2 aromatic rings. The first-order valence-corrected chi connectivity index (χ1v) is 7.28. The van der Waals surface area contributed by atoms with Gasteiger partial charge in [0.2, 0.25) is 11.8 Å². The second-order valence-electron chi connectivity index (χ2n) is 5.58. The summed E-state index contributed by atoms with van der Waals surface area (Å²) in [6.45, 7) is 8.30. The van der Waals surface area contributed by atoms with Crippen LogP contribution in [-0.4, -0.2) is 17.4 Å². The number of aryl methyl sites for hydroxylation is 2. The van der Waals surface area contributed by atoms with Crippen molar-refractivity contribution in [1.82, 2.24) is 10.3 Å².